The summed E-state index contributed by atoms with van der Waals surface area (Å²) in [5.41, 5.74) is 2.77. The summed E-state index contributed by atoms with van der Waals surface area (Å²) in [6, 6.07) is 13.5. The monoisotopic (exact) mass is 662 g/mol. The zero-order valence-electron chi connectivity index (χ0n) is 27.7. The summed E-state index contributed by atoms with van der Waals surface area (Å²) in [5.74, 6) is -0.182. The van der Waals surface area contributed by atoms with E-state index in [0.717, 1.165) is 28.1 Å². The predicted octanol–water partition coefficient (Wildman–Crippen LogP) is 4.50. The summed E-state index contributed by atoms with van der Waals surface area (Å²) < 4.78 is 17.6. The van der Waals surface area contributed by atoms with Crippen molar-refractivity contribution in [1.29, 1.82) is 0 Å². The number of aliphatic hydroxyl groups excluding tert-OH is 1. The molecule has 12 nitrogen and oxygen atoms in total. The van der Waals surface area contributed by atoms with Crippen LogP contribution in [-0.4, -0.2) is 53.0 Å². The van der Waals surface area contributed by atoms with Gasteiger partial charge in [-0.1, -0.05) is 32.9 Å². The van der Waals surface area contributed by atoms with Gasteiger partial charge in [0.05, 0.1) is 47.5 Å². The average molecular weight is 663 g/mol. The van der Waals surface area contributed by atoms with Gasteiger partial charge in [0.2, 0.25) is 5.91 Å². The Hall–Kier alpha value is -5.69. The zero-order chi connectivity index (χ0) is 34.8. The molecule has 1 atom stereocenters. The number of benzene rings is 2. The maximum absolute atomic E-state index is 15.4. The van der Waals surface area contributed by atoms with Crippen molar-refractivity contribution in [2.75, 3.05) is 16.8 Å². The Balaban J connectivity index is 1.22. The van der Waals surface area contributed by atoms with Crippen molar-refractivity contribution in [2.24, 2.45) is 7.05 Å². The molecule has 13 heteroatoms. The Bertz CT molecular complexity index is 2310. The molecule has 2 aliphatic rings. The SMILES string of the molecule is CC(=O)N1CC2CC1=CN2c1ccc(Nc2cc(-c3cccc(-n4ncc5cc(C(C)(C)C)cc(F)c5c4=O)c3CO)nn(C)c2=O)nc1. The molecule has 5 aromatic rings. The van der Waals surface area contributed by atoms with Gasteiger partial charge in [0.1, 0.15) is 17.3 Å². The van der Waals surface area contributed by atoms with Crippen LogP contribution in [0.15, 0.2) is 82.4 Å². The molecule has 0 aliphatic carbocycles. The van der Waals surface area contributed by atoms with Gasteiger partial charge in [-0.05, 0) is 47.4 Å². The lowest BCUT2D eigenvalue weighted by Crippen LogP contribution is -2.38. The Labute approximate surface area is 280 Å². The number of aliphatic hydroxyl groups is 1. The van der Waals surface area contributed by atoms with Crippen LogP contribution in [0.3, 0.4) is 0 Å². The van der Waals surface area contributed by atoms with E-state index in [1.807, 2.05) is 33.0 Å². The van der Waals surface area contributed by atoms with Gasteiger partial charge in [-0.25, -0.2) is 14.1 Å². The molecule has 2 bridgehead atoms. The van der Waals surface area contributed by atoms with E-state index in [4.69, 9.17) is 0 Å². The summed E-state index contributed by atoms with van der Waals surface area (Å²) >= 11 is 0. The third-order valence-corrected chi connectivity index (χ3v) is 9.14. The van der Waals surface area contributed by atoms with Crippen LogP contribution in [0.25, 0.3) is 27.7 Å². The van der Waals surface area contributed by atoms with Crippen LogP contribution in [0.5, 0.6) is 0 Å². The number of nitrogens with one attached hydrogen (secondary N) is 1. The second-order valence-electron chi connectivity index (χ2n) is 13.4. The van der Waals surface area contributed by atoms with Gasteiger partial charge in [-0.15, -0.1) is 0 Å². The molecule has 0 saturated carbocycles. The van der Waals surface area contributed by atoms with Crippen LogP contribution in [0.2, 0.25) is 0 Å². The van der Waals surface area contributed by atoms with Gasteiger partial charge in [0, 0.05) is 55.3 Å². The van der Waals surface area contributed by atoms with Gasteiger partial charge in [0.25, 0.3) is 11.1 Å². The smallest absolute Gasteiger partial charge is 0.290 e. The zero-order valence-corrected chi connectivity index (χ0v) is 27.7. The Morgan fingerprint density at radius 2 is 1.88 bits per heavy atom. The Kier molecular flexibility index (Phi) is 7.66. The molecule has 2 N–H and O–H groups in total. The highest BCUT2D eigenvalue weighted by Gasteiger charge is 2.38. The molecular weight excluding hydrogens is 627 g/mol. The molecule has 2 aliphatic heterocycles. The molecule has 3 aromatic heterocycles. The predicted molar refractivity (Wildman–Crippen MR) is 184 cm³/mol. The summed E-state index contributed by atoms with van der Waals surface area (Å²) in [6.45, 7) is 7.60. The number of nitrogens with zero attached hydrogens (tertiary/aromatic N) is 7. The van der Waals surface area contributed by atoms with Gasteiger partial charge in [-0.3, -0.25) is 14.4 Å². The van der Waals surface area contributed by atoms with Crippen LogP contribution in [0.4, 0.5) is 21.6 Å². The van der Waals surface area contributed by atoms with E-state index in [1.54, 1.807) is 54.4 Å². The molecule has 1 saturated heterocycles. The molecule has 250 valence electrons. The minimum absolute atomic E-state index is 0.0339. The molecule has 1 amide bonds. The van der Waals surface area contributed by atoms with Gasteiger partial charge >= 0.3 is 0 Å². The fourth-order valence-corrected chi connectivity index (χ4v) is 6.53. The summed E-state index contributed by atoms with van der Waals surface area (Å²) in [4.78, 5) is 47.1. The third kappa shape index (κ3) is 5.55. The molecule has 1 unspecified atom stereocenters. The van der Waals surface area contributed by atoms with Crippen molar-refractivity contribution in [1.82, 2.24) is 29.4 Å². The van der Waals surface area contributed by atoms with Crippen molar-refractivity contribution in [3.63, 3.8) is 0 Å². The van der Waals surface area contributed by atoms with E-state index < -0.39 is 23.5 Å². The number of amides is 1. The first-order valence-electron chi connectivity index (χ1n) is 15.9. The van der Waals surface area contributed by atoms with Crippen LogP contribution < -0.4 is 21.3 Å². The minimum atomic E-state index is -0.665. The maximum Gasteiger partial charge on any atom is 0.290 e. The largest absolute Gasteiger partial charge is 0.392 e. The second-order valence-corrected chi connectivity index (χ2v) is 13.4. The molecule has 0 spiro atoms. The molecule has 5 heterocycles. The van der Waals surface area contributed by atoms with Crippen LogP contribution in [0, 0.1) is 5.82 Å². The number of anilines is 3. The fraction of sp³-hybridized carbons (Fsp3) is 0.278. The summed E-state index contributed by atoms with van der Waals surface area (Å²) in [5, 5.41) is 22.7. The topological polar surface area (TPSA) is 138 Å². The minimum Gasteiger partial charge on any atom is -0.392 e. The number of carbonyl (C=O) groups excluding carboxylic acids is 1. The number of fused-ring (bicyclic) bond motifs is 3. The van der Waals surface area contributed by atoms with E-state index in [2.05, 4.69) is 25.4 Å². The van der Waals surface area contributed by atoms with Crippen molar-refractivity contribution in [3.8, 4) is 16.9 Å². The van der Waals surface area contributed by atoms with E-state index in [9.17, 15) is 19.5 Å². The lowest BCUT2D eigenvalue weighted by molar-refractivity contribution is -0.126. The Morgan fingerprint density at radius 1 is 1.08 bits per heavy atom. The standard InChI is InChI=1S/C36H35FN8O4/c1-20(47)43-17-25-13-24(43)18-44(25)23-9-10-32(38-16-23)40-30-14-29(41-42(5)34(30)48)26-7-6-8-31(27(26)19-46)45-35(49)33-21(15-39-45)11-22(12-28(33)37)36(2,3)4/h6-12,14-16,18,25,46H,13,17,19H2,1-5H3,(H,38,40). The number of rotatable bonds is 6. The number of hydrogen-bond acceptors (Lipinski definition) is 9. The van der Waals surface area contributed by atoms with E-state index in [0.29, 0.717) is 34.6 Å². The maximum atomic E-state index is 15.4. The van der Waals surface area contributed by atoms with E-state index in [-0.39, 0.29) is 34.1 Å². The summed E-state index contributed by atoms with van der Waals surface area (Å²) in [7, 11) is 1.51. The first-order valence-corrected chi connectivity index (χ1v) is 15.9. The third-order valence-electron chi connectivity index (χ3n) is 9.14. The summed E-state index contributed by atoms with van der Waals surface area (Å²) in [6.07, 6.45) is 5.92. The Morgan fingerprint density at radius 3 is 2.53 bits per heavy atom. The van der Waals surface area contributed by atoms with Gasteiger partial charge in [0.15, 0.2) is 0 Å². The normalized spacial score (nSPS) is 15.7. The quantitative estimate of drug-likeness (QED) is 0.269. The number of hydrogen-bond donors (Lipinski definition) is 2. The average Bonchev–Trinajstić information content (AvgIpc) is 3.68. The number of likely N-dealkylation sites (tertiary alicyclic amines) is 1. The van der Waals surface area contributed by atoms with Crippen molar-refractivity contribution < 1.29 is 14.3 Å². The highest BCUT2D eigenvalue weighted by atomic mass is 19.1. The molecule has 7 rings (SSSR count). The lowest BCUT2D eigenvalue weighted by atomic mass is 9.86. The highest BCUT2D eigenvalue weighted by Crippen LogP contribution is 2.36. The van der Waals surface area contributed by atoms with Gasteiger partial charge in [-0.2, -0.15) is 14.9 Å². The van der Waals surface area contributed by atoms with Crippen molar-refractivity contribution >= 4 is 33.9 Å². The van der Waals surface area contributed by atoms with E-state index >= 15 is 4.39 Å². The fourth-order valence-electron chi connectivity index (χ4n) is 6.53. The molecule has 0 radical (unpaired) electrons. The molecule has 1 fully saturated rings. The number of halogens is 1. The lowest BCUT2D eigenvalue weighted by Gasteiger charge is -2.29. The molecule has 49 heavy (non-hydrogen) atoms. The number of aromatic nitrogens is 5. The van der Waals surface area contributed by atoms with Crippen LogP contribution in [0.1, 0.15) is 45.2 Å². The van der Waals surface area contributed by atoms with E-state index in [1.165, 1.54) is 24.0 Å². The number of aryl methyl sites for hydroxylation is 1. The second kappa shape index (κ2) is 11.8. The van der Waals surface area contributed by atoms with Gasteiger partial charge < -0.3 is 20.2 Å². The van der Waals surface area contributed by atoms with Crippen molar-refractivity contribution in [2.45, 2.75) is 52.2 Å². The highest BCUT2D eigenvalue weighted by molar-refractivity contribution is 5.83. The first kappa shape index (κ1) is 31.9. The molecular formula is C36H35FN8O4. The van der Waals surface area contributed by atoms with Crippen LogP contribution >= 0.6 is 0 Å². The van der Waals surface area contributed by atoms with Crippen LogP contribution in [-0.2, 0) is 23.9 Å². The molecule has 2 aromatic carbocycles. The van der Waals surface area contributed by atoms with Crippen molar-refractivity contribution in [3.05, 3.63) is 110 Å². The number of pyridine rings is 1. The number of carbonyl (C=O) groups is 1. The first-order chi connectivity index (χ1) is 23.3.